The maximum atomic E-state index is 11.0. The fraction of sp³-hybridized carbons (Fsp3) is 0.900. The van der Waals surface area contributed by atoms with Crippen LogP contribution in [0.3, 0.4) is 0 Å². The number of carbonyl (C=O) groups is 1. The summed E-state index contributed by atoms with van der Waals surface area (Å²) in [5, 5.41) is 2.87. The highest BCUT2D eigenvalue weighted by Crippen LogP contribution is 2.10. The summed E-state index contributed by atoms with van der Waals surface area (Å²) < 4.78 is 4.58. The Bertz CT molecular complexity index is 185. The molecule has 4 nitrogen and oxygen atoms in total. The molecule has 0 aliphatic carbocycles. The maximum absolute atomic E-state index is 11.0. The van der Waals surface area contributed by atoms with Crippen molar-refractivity contribution in [1.82, 2.24) is 10.2 Å². The SMILES string of the molecule is CCN1CCCC(NC(=O)OC)CC1. The first-order valence-corrected chi connectivity index (χ1v) is 5.33. The quantitative estimate of drug-likeness (QED) is 0.728. The van der Waals surface area contributed by atoms with Gasteiger partial charge in [0.2, 0.25) is 0 Å². The first kappa shape index (κ1) is 11.3. The van der Waals surface area contributed by atoms with E-state index in [4.69, 9.17) is 0 Å². The minimum absolute atomic E-state index is 0.291. The Morgan fingerprint density at radius 2 is 2.29 bits per heavy atom. The Morgan fingerprint density at radius 1 is 1.50 bits per heavy atom. The number of ether oxygens (including phenoxy) is 1. The summed E-state index contributed by atoms with van der Waals surface area (Å²) in [5.41, 5.74) is 0. The number of amides is 1. The average Bonchev–Trinajstić information content (AvgIpc) is 2.43. The van der Waals surface area contributed by atoms with Crippen LogP contribution in [0.15, 0.2) is 0 Å². The zero-order valence-corrected chi connectivity index (χ0v) is 9.08. The van der Waals surface area contributed by atoms with Crippen molar-refractivity contribution in [2.75, 3.05) is 26.7 Å². The highest BCUT2D eigenvalue weighted by atomic mass is 16.5. The van der Waals surface area contributed by atoms with Gasteiger partial charge < -0.3 is 15.0 Å². The van der Waals surface area contributed by atoms with E-state index in [2.05, 4.69) is 21.9 Å². The monoisotopic (exact) mass is 200 g/mol. The number of nitrogens with one attached hydrogen (secondary N) is 1. The van der Waals surface area contributed by atoms with Crippen LogP contribution in [0, 0.1) is 0 Å². The van der Waals surface area contributed by atoms with Crippen LogP contribution >= 0.6 is 0 Å². The van der Waals surface area contributed by atoms with Gasteiger partial charge in [0.1, 0.15) is 0 Å². The van der Waals surface area contributed by atoms with Gasteiger partial charge in [0, 0.05) is 12.6 Å². The van der Waals surface area contributed by atoms with Crippen LogP contribution in [0.4, 0.5) is 4.79 Å². The molecule has 1 aliphatic heterocycles. The smallest absolute Gasteiger partial charge is 0.407 e. The molecule has 1 rings (SSSR count). The molecule has 1 saturated heterocycles. The number of alkyl carbamates (subject to hydrolysis) is 1. The van der Waals surface area contributed by atoms with Crippen molar-refractivity contribution >= 4 is 6.09 Å². The van der Waals surface area contributed by atoms with Crippen molar-refractivity contribution in [3.63, 3.8) is 0 Å². The molecular weight excluding hydrogens is 180 g/mol. The molecule has 1 unspecified atom stereocenters. The number of rotatable bonds is 2. The fourth-order valence-electron chi connectivity index (χ4n) is 1.84. The van der Waals surface area contributed by atoms with Gasteiger partial charge in [-0.2, -0.15) is 0 Å². The van der Waals surface area contributed by atoms with E-state index in [1.165, 1.54) is 7.11 Å². The summed E-state index contributed by atoms with van der Waals surface area (Å²) in [6.07, 6.45) is 2.94. The molecule has 0 aromatic carbocycles. The van der Waals surface area contributed by atoms with Crippen LogP contribution in [0.5, 0.6) is 0 Å². The van der Waals surface area contributed by atoms with Gasteiger partial charge in [-0.05, 0) is 32.4 Å². The van der Waals surface area contributed by atoms with Gasteiger partial charge in [0.15, 0.2) is 0 Å². The van der Waals surface area contributed by atoms with E-state index in [0.29, 0.717) is 6.04 Å². The molecule has 1 aliphatic rings. The van der Waals surface area contributed by atoms with Gasteiger partial charge in [0.05, 0.1) is 7.11 Å². The van der Waals surface area contributed by atoms with Crippen LogP contribution in [-0.4, -0.2) is 43.8 Å². The maximum Gasteiger partial charge on any atom is 0.407 e. The first-order valence-electron chi connectivity index (χ1n) is 5.33. The zero-order chi connectivity index (χ0) is 10.4. The van der Waals surface area contributed by atoms with E-state index in [1.807, 2.05) is 0 Å². The summed E-state index contributed by atoms with van der Waals surface area (Å²) >= 11 is 0. The van der Waals surface area contributed by atoms with Crippen molar-refractivity contribution in [3.05, 3.63) is 0 Å². The molecule has 14 heavy (non-hydrogen) atoms. The molecule has 0 aromatic heterocycles. The van der Waals surface area contributed by atoms with Crippen LogP contribution in [-0.2, 0) is 4.74 Å². The summed E-state index contributed by atoms with van der Waals surface area (Å²) in [5.74, 6) is 0. The lowest BCUT2D eigenvalue weighted by Crippen LogP contribution is -2.35. The van der Waals surface area contributed by atoms with Crippen LogP contribution < -0.4 is 5.32 Å². The number of methoxy groups -OCH3 is 1. The molecule has 0 aromatic rings. The fourth-order valence-corrected chi connectivity index (χ4v) is 1.84. The third kappa shape index (κ3) is 3.54. The molecule has 1 atom stereocenters. The van der Waals surface area contributed by atoms with Gasteiger partial charge in [-0.3, -0.25) is 0 Å². The Balaban J connectivity index is 2.30. The van der Waals surface area contributed by atoms with Gasteiger partial charge in [-0.15, -0.1) is 0 Å². The van der Waals surface area contributed by atoms with Crippen molar-refractivity contribution in [2.45, 2.75) is 32.2 Å². The number of hydrogen-bond acceptors (Lipinski definition) is 3. The highest BCUT2D eigenvalue weighted by molar-refractivity contribution is 5.67. The molecule has 0 bridgehead atoms. The largest absolute Gasteiger partial charge is 0.453 e. The highest BCUT2D eigenvalue weighted by Gasteiger charge is 2.17. The lowest BCUT2D eigenvalue weighted by Gasteiger charge is -2.17. The van der Waals surface area contributed by atoms with Crippen LogP contribution in [0.1, 0.15) is 26.2 Å². The van der Waals surface area contributed by atoms with Gasteiger partial charge in [0.25, 0.3) is 0 Å². The van der Waals surface area contributed by atoms with E-state index in [9.17, 15) is 4.79 Å². The van der Waals surface area contributed by atoms with E-state index in [-0.39, 0.29) is 6.09 Å². The molecule has 1 amide bonds. The van der Waals surface area contributed by atoms with E-state index < -0.39 is 0 Å². The third-order valence-electron chi connectivity index (χ3n) is 2.78. The third-order valence-corrected chi connectivity index (χ3v) is 2.78. The van der Waals surface area contributed by atoms with Crippen molar-refractivity contribution in [2.24, 2.45) is 0 Å². The second-order valence-electron chi connectivity index (χ2n) is 3.70. The first-order chi connectivity index (χ1) is 6.76. The van der Waals surface area contributed by atoms with Gasteiger partial charge in [-0.1, -0.05) is 6.92 Å². The predicted molar refractivity (Wildman–Crippen MR) is 55.3 cm³/mol. The van der Waals surface area contributed by atoms with Crippen molar-refractivity contribution in [1.29, 1.82) is 0 Å². The second kappa shape index (κ2) is 5.86. The molecule has 4 heteroatoms. The van der Waals surface area contributed by atoms with Crippen molar-refractivity contribution < 1.29 is 9.53 Å². The Hall–Kier alpha value is -0.770. The molecule has 82 valence electrons. The minimum Gasteiger partial charge on any atom is -0.453 e. The molecule has 0 spiro atoms. The number of hydrogen-bond donors (Lipinski definition) is 1. The zero-order valence-electron chi connectivity index (χ0n) is 9.08. The number of carbonyl (C=O) groups excluding carboxylic acids is 1. The molecule has 1 heterocycles. The van der Waals surface area contributed by atoms with E-state index >= 15 is 0 Å². The lowest BCUT2D eigenvalue weighted by atomic mass is 10.1. The van der Waals surface area contributed by atoms with Gasteiger partial charge >= 0.3 is 6.09 Å². The number of nitrogens with zero attached hydrogens (tertiary/aromatic N) is 1. The molecule has 0 radical (unpaired) electrons. The normalized spacial score (nSPS) is 24.0. The van der Waals surface area contributed by atoms with Gasteiger partial charge in [-0.25, -0.2) is 4.79 Å². The second-order valence-corrected chi connectivity index (χ2v) is 3.70. The molecule has 0 saturated carbocycles. The van der Waals surface area contributed by atoms with Crippen molar-refractivity contribution in [3.8, 4) is 0 Å². The van der Waals surface area contributed by atoms with Crippen LogP contribution in [0.25, 0.3) is 0 Å². The van der Waals surface area contributed by atoms with E-state index in [1.54, 1.807) is 0 Å². The predicted octanol–water partition coefficient (Wildman–Crippen LogP) is 1.22. The number of likely N-dealkylation sites (tertiary alicyclic amines) is 1. The lowest BCUT2D eigenvalue weighted by molar-refractivity contribution is 0.165. The Kier molecular flexibility index (Phi) is 4.73. The topological polar surface area (TPSA) is 41.6 Å². The molecule has 1 N–H and O–H groups in total. The minimum atomic E-state index is -0.306. The average molecular weight is 200 g/mol. The summed E-state index contributed by atoms with van der Waals surface area (Å²) in [6.45, 7) is 5.50. The Labute approximate surface area is 85.6 Å². The molecule has 1 fully saturated rings. The standard InChI is InChI=1S/C10H20N2O2/c1-3-12-7-4-5-9(6-8-12)11-10(13)14-2/h9H,3-8H2,1-2H3,(H,11,13). The Morgan fingerprint density at radius 3 is 2.93 bits per heavy atom. The van der Waals surface area contributed by atoms with E-state index in [0.717, 1.165) is 38.9 Å². The van der Waals surface area contributed by atoms with Crippen LogP contribution in [0.2, 0.25) is 0 Å². The summed E-state index contributed by atoms with van der Waals surface area (Å²) in [7, 11) is 1.41. The molecular formula is C10H20N2O2. The summed E-state index contributed by atoms with van der Waals surface area (Å²) in [4.78, 5) is 13.4. The summed E-state index contributed by atoms with van der Waals surface area (Å²) in [6, 6.07) is 0.291.